The first-order chi connectivity index (χ1) is 9.72. The highest BCUT2D eigenvalue weighted by molar-refractivity contribution is 9.11. The molecule has 1 aliphatic carbocycles. The van der Waals surface area contributed by atoms with E-state index in [9.17, 15) is 0 Å². The number of aryl methyl sites for hydroxylation is 1. The van der Waals surface area contributed by atoms with Crippen LogP contribution in [0.25, 0.3) is 42.4 Å². The Morgan fingerprint density at radius 2 is 1.40 bits per heavy atom. The van der Waals surface area contributed by atoms with Gasteiger partial charge < -0.3 is 0 Å². The smallest absolute Gasteiger partial charge is 0.0711 e. The van der Waals surface area contributed by atoms with Crippen LogP contribution < -0.4 is 0 Å². The van der Waals surface area contributed by atoms with E-state index in [1.165, 1.54) is 51.1 Å². The summed E-state index contributed by atoms with van der Waals surface area (Å²) in [5.74, 6) is 0. The van der Waals surface area contributed by atoms with Gasteiger partial charge in [-0.3, -0.25) is 0 Å². The first-order valence-corrected chi connectivity index (χ1v) is 8.91. The van der Waals surface area contributed by atoms with Crippen molar-refractivity contribution in [2.45, 2.75) is 6.92 Å². The second-order valence-corrected chi connectivity index (χ2v) is 8.91. The summed E-state index contributed by atoms with van der Waals surface area (Å²) in [6, 6.07) is 13.6. The number of fused-ring (bicyclic) bond motifs is 8. The Labute approximate surface area is 132 Å². The topological polar surface area (TPSA) is 0 Å². The highest BCUT2D eigenvalue weighted by Gasteiger charge is 2.28. The maximum atomic E-state index is 3.61. The summed E-state index contributed by atoms with van der Waals surface area (Å²) in [4.78, 5) is 1.39. The molecule has 4 aromatic rings. The zero-order valence-electron chi connectivity index (χ0n) is 10.7. The molecule has 2 aromatic carbocycles. The maximum Gasteiger partial charge on any atom is 0.0711 e. The third-order valence-electron chi connectivity index (χ3n) is 4.01. The van der Waals surface area contributed by atoms with Gasteiger partial charge in [-0.25, -0.2) is 0 Å². The molecule has 3 heteroatoms. The number of hydrogen-bond acceptors (Lipinski definition) is 2. The van der Waals surface area contributed by atoms with Crippen molar-refractivity contribution in [2.24, 2.45) is 0 Å². The third-order valence-corrected chi connectivity index (χ3v) is 6.76. The first kappa shape index (κ1) is 11.5. The number of benzene rings is 2. The minimum absolute atomic E-state index is 1.21. The fourth-order valence-corrected chi connectivity index (χ4v) is 5.95. The molecule has 0 aliphatic heterocycles. The molecule has 0 N–H and O–H groups in total. The van der Waals surface area contributed by atoms with Crippen LogP contribution in [0.5, 0.6) is 0 Å². The van der Waals surface area contributed by atoms with Crippen molar-refractivity contribution in [1.29, 1.82) is 0 Å². The van der Waals surface area contributed by atoms with Crippen LogP contribution in [0.1, 0.15) is 4.88 Å². The van der Waals surface area contributed by atoms with Gasteiger partial charge in [0.25, 0.3) is 0 Å². The van der Waals surface area contributed by atoms with Crippen molar-refractivity contribution in [1.82, 2.24) is 0 Å². The Kier molecular flexibility index (Phi) is 2.14. The van der Waals surface area contributed by atoms with E-state index in [0.717, 1.165) is 0 Å². The molecular weight excluding hydrogens is 348 g/mol. The third kappa shape index (κ3) is 1.31. The van der Waals surface area contributed by atoms with E-state index in [2.05, 4.69) is 59.3 Å². The fraction of sp³-hybridized carbons (Fsp3) is 0.0588. The fourth-order valence-electron chi connectivity index (χ4n) is 3.19. The molecule has 0 radical (unpaired) electrons. The van der Waals surface area contributed by atoms with Crippen LogP contribution in [0.15, 0.2) is 40.2 Å². The van der Waals surface area contributed by atoms with E-state index in [1.807, 2.05) is 22.7 Å². The van der Waals surface area contributed by atoms with Crippen LogP contribution in [0.2, 0.25) is 0 Å². The zero-order chi connectivity index (χ0) is 13.4. The average molecular weight is 357 g/mol. The minimum Gasteiger partial charge on any atom is -0.140 e. The molecule has 5 rings (SSSR count). The quantitative estimate of drug-likeness (QED) is 0.285. The number of rotatable bonds is 0. The van der Waals surface area contributed by atoms with Crippen LogP contribution in [-0.4, -0.2) is 0 Å². The molecule has 1 aliphatic rings. The Morgan fingerprint density at radius 1 is 0.800 bits per heavy atom. The predicted molar refractivity (Wildman–Crippen MR) is 94.1 cm³/mol. The molecule has 0 spiro atoms. The van der Waals surface area contributed by atoms with Crippen LogP contribution in [-0.2, 0) is 0 Å². The summed E-state index contributed by atoms with van der Waals surface area (Å²) in [6.45, 7) is 2.19. The second-order valence-electron chi connectivity index (χ2n) is 5.22. The van der Waals surface area contributed by atoms with Crippen molar-refractivity contribution in [3.05, 3.63) is 45.1 Å². The molecule has 20 heavy (non-hydrogen) atoms. The molecule has 0 bridgehead atoms. The van der Waals surface area contributed by atoms with Gasteiger partial charge in [-0.2, -0.15) is 0 Å². The normalized spacial score (nSPS) is 12.5. The van der Waals surface area contributed by atoms with E-state index in [4.69, 9.17) is 0 Å². The van der Waals surface area contributed by atoms with Gasteiger partial charge in [-0.15, -0.1) is 22.7 Å². The van der Waals surface area contributed by atoms with Crippen LogP contribution in [0, 0.1) is 6.92 Å². The molecule has 0 saturated heterocycles. The van der Waals surface area contributed by atoms with Gasteiger partial charge in [-0.1, -0.05) is 24.3 Å². The largest absolute Gasteiger partial charge is 0.140 e. The number of hydrogen-bond donors (Lipinski definition) is 0. The summed E-state index contributed by atoms with van der Waals surface area (Å²) < 4.78 is 4.07. The Balaban J connectivity index is 1.92. The monoisotopic (exact) mass is 356 g/mol. The van der Waals surface area contributed by atoms with E-state index in [0.29, 0.717) is 0 Å². The summed E-state index contributed by atoms with van der Waals surface area (Å²) in [5, 5.41) is 2.72. The molecule has 0 fully saturated rings. The van der Waals surface area contributed by atoms with Gasteiger partial charge >= 0.3 is 0 Å². The standard InChI is InChI=1S/C17H9BrS2/c1-8-6-9-2-4-11-14(16(9)19-8)12-5-3-10-7-13(18)20-17(10)15(11)12/h2-7H,1H3. The lowest BCUT2D eigenvalue weighted by Gasteiger charge is -2.25. The first-order valence-electron chi connectivity index (χ1n) is 6.48. The molecule has 0 unspecified atom stereocenters. The van der Waals surface area contributed by atoms with Crippen molar-refractivity contribution in [3.63, 3.8) is 0 Å². The van der Waals surface area contributed by atoms with E-state index in [-0.39, 0.29) is 0 Å². The maximum absolute atomic E-state index is 3.61. The molecule has 0 amide bonds. The van der Waals surface area contributed by atoms with E-state index >= 15 is 0 Å². The van der Waals surface area contributed by atoms with Crippen molar-refractivity contribution >= 4 is 58.8 Å². The van der Waals surface area contributed by atoms with Gasteiger partial charge in [0.15, 0.2) is 0 Å². The number of halogens is 1. The summed E-state index contributed by atoms with van der Waals surface area (Å²) in [5.41, 5.74) is 5.76. The van der Waals surface area contributed by atoms with Gasteiger partial charge in [0, 0.05) is 25.4 Å². The number of thiophene rings is 2. The van der Waals surface area contributed by atoms with Gasteiger partial charge in [0.1, 0.15) is 0 Å². The minimum atomic E-state index is 1.21. The van der Waals surface area contributed by atoms with Crippen molar-refractivity contribution in [2.75, 3.05) is 0 Å². The average Bonchev–Trinajstić information content (AvgIpc) is 2.92. The summed E-state index contributed by atoms with van der Waals surface area (Å²) in [6.07, 6.45) is 0. The molecule has 96 valence electrons. The second kappa shape index (κ2) is 3.73. The van der Waals surface area contributed by atoms with Crippen molar-refractivity contribution < 1.29 is 0 Å². The summed E-state index contributed by atoms with van der Waals surface area (Å²) >= 11 is 7.36. The molecule has 0 saturated carbocycles. The Morgan fingerprint density at radius 3 is 2.10 bits per heavy atom. The van der Waals surface area contributed by atoms with E-state index in [1.54, 1.807) is 0 Å². The molecule has 0 atom stereocenters. The Bertz CT molecular complexity index is 922. The van der Waals surface area contributed by atoms with Gasteiger partial charge in [-0.05, 0) is 56.9 Å². The lowest BCUT2D eigenvalue weighted by molar-refractivity contribution is 1.62. The SMILES string of the molecule is Cc1cc2ccc3c(c2s1)-c1ccc2cc(Br)sc2c1-3. The highest BCUT2D eigenvalue weighted by Crippen LogP contribution is 2.56. The molecular formula is C17H9BrS2. The van der Waals surface area contributed by atoms with E-state index < -0.39 is 0 Å². The van der Waals surface area contributed by atoms with Crippen LogP contribution in [0.3, 0.4) is 0 Å². The molecule has 2 aromatic heterocycles. The van der Waals surface area contributed by atoms with Crippen LogP contribution in [0.4, 0.5) is 0 Å². The van der Waals surface area contributed by atoms with Crippen molar-refractivity contribution in [3.8, 4) is 22.3 Å². The lowest BCUT2D eigenvalue weighted by atomic mass is 9.79. The van der Waals surface area contributed by atoms with Gasteiger partial charge in [0.05, 0.1) is 3.79 Å². The van der Waals surface area contributed by atoms with Crippen LogP contribution >= 0.6 is 38.6 Å². The zero-order valence-corrected chi connectivity index (χ0v) is 13.9. The molecule has 2 heterocycles. The Hall–Kier alpha value is -1.16. The lowest BCUT2D eigenvalue weighted by Crippen LogP contribution is -1.98. The highest BCUT2D eigenvalue weighted by atomic mass is 79.9. The predicted octanol–water partition coefficient (Wildman–Crippen LogP) is 6.83. The molecule has 0 nitrogen and oxygen atoms in total. The summed E-state index contributed by atoms with van der Waals surface area (Å²) in [7, 11) is 0. The van der Waals surface area contributed by atoms with Gasteiger partial charge in [0.2, 0.25) is 0 Å².